The van der Waals surface area contributed by atoms with Crippen LogP contribution in [0.1, 0.15) is 18.9 Å². The quantitative estimate of drug-likeness (QED) is 0.722. The van der Waals surface area contributed by atoms with E-state index in [4.69, 9.17) is 21.1 Å². The minimum absolute atomic E-state index is 0.753. The van der Waals surface area contributed by atoms with Crippen LogP contribution >= 0.6 is 11.6 Å². The predicted molar refractivity (Wildman–Crippen MR) is 69.6 cm³/mol. The first-order valence-electron chi connectivity index (χ1n) is 5.99. The summed E-state index contributed by atoms with van der Waals surface area (Å²) in [4.78, 5) is 0. The maximum Gasteiger partial charge on any atom is 0.127 e. The summed E-state index contributed by atoms with van der Waals surface area (Å²) in [6.45, 7) is 5.58. The first-order valence-corrected chi connectivity index (χ1v) is 6.37. The summed E-state index contributed by atoms with van der Waals surface area (Å²) in [6.07, 6.45) is 1.07. The highest BCUT2D eigenvalue weighted by Crippen LogP contribution is 2.21. The summed E-state index contributed by atoms with van der Waals surface area (Å²) in [5.41, 5.74) is 1.14. The van der Waals surface area contributed by atoms with Crippen LogP contribution in [0.5, 0.6) is 5.75 Å². The van der Waals surface area contributed by atoms with Gasteiger partial charge in [0.2, 0.25) is 0 Å². The number of benzene rings is 1. The van der Waals surface area contributed by atoms with Gasteiger partial charge in [-0.1, -0.05) is 11.6 Å². The van der Waals surface area contributed by atoms with E-state index < -0.39 is 0 Å². The molecule has 3 nitrogen and oxygen atoms in total. The number of hydrogen-bond acceptors (Lipinski definition) is 2. The molecule has 0 heterocycles. The van der Waals surface area contributed by atoms with E-state index in [2.05, 4.69) is 5.32 Å². The number of methoxy groups -OCH3 is 1. The van der Waals surface area contributed by atoms with Gasteiger partial charge in [-0.25, -0.2) is 0 Å². The van der Waals surface area contributed by atoms with Crippen LogP contribution in [0.2, 0.25) is 5.02 Å². The summed E-state index contributed by atoms with van der Waals surface area (Å²) in [6, 6.07) is 5.71. The van der Waals surface area contributed by atoms with Gasteiger partial charge in [0, 0.05) is 23.6 Å². The van der Waals surface area contributed by atoms with Gasteiger partial charge in [-0.2, -0.15) is 0 Å². The van der Waals surface area contributed by atoms with Crippen molar-refractivity contribution in [3.63, 3.8) is 0 Å². The zero-order valence-corrected chi connectivity index (χ0v) is 11.3. The Hall–Kier alpha value is -0.770. The van der Waals surface area contributed by atoms with Gasteiger partial charge in [0.15, 0.2) is 0 Å². The first-order chi connectivity index (χ1) is 8.27. The molecule has 0 spiro atoms. The molecule has 17 heavy (non-hydrogen) atoms. The van der Waals surface area contributed by atoms with Crippen LogP contribution in [0.25, 0.3) is 0 Å². The molecule has 1 aromatic rings. The Labute approximate surface area is 108 Å². The van der Waals surface area contributed by atoms with Gasteiger partial charge in [-0.05, 0) is 25.1 Å². The number of quaternary nitrogens is 1. The van der Waals surface area contributed by atoms with Crippen LogP contribution in [-0.4, -0.2) is 26.9 Å². The zero-order valence-electron chi connectivity index (χ0n) is 10.5. The van der Waals surface area contributed by atoms with Crippen LogP contribution < -0.4 is 10.1 Å². The van der Waals surface area contributed by atoms with Crippen molar-refractivity contribution in [1.29, 1.82) is 0 Å². The van der Waals surface area contributed by atoms with Crippen molar-refractivity contribution in [2.45, 2.75) is 19.9 Å². The molecule has 0 bridgehead atoms. The maximum atomic E-state index is 5.97. The molecule has 1 rings (SSSR count). The van der Waals surface area contributed by atoms with E-state index in [0.29, 0.717) is 0 Å². The molecule has 0 fully saturated rings. The fraction of sp³-hybridized carbons (Fsp3) is 0.538. The second-order valence-corrected chi connectivity index (χ2v) is 4.22. The Morgan fingerprint density at radius 2 is 2.18 bits per heavy atom. The molecule has 0 aliphatic carbocycles. The lowest BCUT2D eigenvalue weighted by atomic mass is 10.2. The Balaban J connectivity index is 2.32. The zero-order chi connectivity index (χ0) is 12.5. The highest BCUT2D eigenvalue weighted by Gasteiger charge is 2.05. The van der Waals surface area contributed by atoms with Gasteiger partial charge >= 0.3 is 0 Å². The number of hydrogen-bond donors (Lipinski definition) is 1. The van der Waals surface area contributed by atoms with E-state index in [1.165, 1.54) is 0 Å². The molecule has 0 saturated heterocycles. The van der Waals surface area contributed by atoms with Gasteiger partial charge in [0.05, 0.1) is 20.3 Å². The molecule has 1 aromatic carbocycles. The van der Waals surface area contributed by atoms with E-state index in [-0.39, 0.29) is 0 Å². The average molecular weight is 259 g/mol. The van der Waals surface area contributed by atoms with Gasteiger partial charge in [-0.3, -0.25) is 0 Å². The smallest absolute Gasteiger partial charge is 0.127 e. The Kier molecular flexibility index (Phi) is 7.01. The second kappa shape index (κ2) is 8.34. The van der Waals surface area contributed by atoms with Crippen LogP contribution in [0.4, 0.5) is 0 Å². The third-order valence-corrected chi connectivity index (χ3v) is 2.74. The highest BCUT2D eigenvalue weighted by atomic mass is 35.5. The third kappa shape index (κ3) is 5.39. The van der Waals surface area contributed by atoms with Gasteiger partial charge < -0.3 is 14.8 Å². The van der Waals surface area contributed by atoms with E-state index in [0.717, 1.165) is 49.1 Å². The van der Waals surface area contributed by atoms with Crippen molar-refractivity contribution in [1.82, 2.24) is 0 Å². The summed E-state index contributed by atoms with van der Waals surface area (Å²) in [5, 5.41) is 3.00. The van der Waals surface area contributed by atoms with E-state index in [1.54, 1.807) is 7.11 Å². The number of rotatable bonds is 8. The van der Waals surface area contributed by atoms with Crippen molar-refractivity contribution >= 4 is 11.6 Å². The Morgan fingerprint density at radius 1 is 1.35 bits per heavy atom. The second-order valence-electron chi connectivity index (χ2n) is 3.79. The molecule has 0 aliphatic rings. The molecule has 0 unspecified atom stereocenters. The van der Waals surface area contributed by atoms with Crippen molar-refractivity contribution in [2.24, 2.45) is 0 Å². The van der Waals surface area contributed by atoms with Crippen LogP contribution in [0, 0.1) is 0 Å². The minimum atomic E-state index is 0.753. The van der Waals surface area contributed by atoms with Crippen LogP contribution in [-0.2, 0) is 11.3 Å². The lowest BCUT2D eigenvalue weighted by molar-refractivity contribution is -0.671. The molecule has 0 amide bonds. The SMILES string of the molecule is CCOCCC[NH2+]Cc1cc(Cl)ccc1OC. The minimum Gasteiger partial charge on any atom is -0.496 e. The molecule has 96 valence electrons. The summed E-state index contributed by atoms with van der Waals surface area (Å²) in [5.74, 6) is 0.899. The third-order valence-electron chi connectivity index (χ3n) is 2.51. The van der Waals surface area contributed by atoms with Crippen molar-refractivity contribution in [2.75, 3.05) is 26.9 Å². The van der Waals surface area contributed by atoms with Gasteiger partial charge in [0.1, 0.15) is 12.3 Å². The molecule has 0 atom stereocenters. The Morgan fingerprint density at radius 3 is 2.88 bits per heavy atom. The number of nitrogens with two attached hydrogens (primary N) is 1. The fourth-order valence-electron chi connectivity index (χ4n) is 1.64. The molecule has 4 heteroatoms. The summed E-state index contributed by atoms with van der Waals surface area (Å²) < 4.78 is 10.6. The van der Waals surface area contributed by atoms with Crippen LogP contribution in [0.3, 0.4) is 0 Å². The molecular weight excluding hydrogens is 238 g/mol. The predicted octanol–water partition coefficient (Wildman–Crippen LogP) is 1.84. The number of ether oxygens (including phenoxy) is 2. The van der Waals surface area contributed by atoms with E-state index in [1.807, 2.05) is 25.1 Å². The van der Waals surface area contributed by atoms with Crippen molar-refractivity contribution < 1.29 is 14.8 Å². The molecule has 0 aliphatic heterocycles. The first kappa shape index (κ1) is 14.3. The molecule has 2 N–H and O–H groups in total. The molecule has 0 radical (unpaired) electrons. The largest absolute Gasteiger partial charge is 0.496 e. The Bertz CT molecular complexity index is 331. The van der Waals surface area contributed by atoms with E-state index in [9.17, 15) is 0 Å². The normalized spacial score (nSPS) is 10.5. The monoisotopic (exact) mass is 258 g/mol. The molecule has 0 aromatic heterocycles. The molecule has 0 saturated carbocycles. The summed E-state index contributed by atoms with van der Waals surface area (Å²) in [7, 11) is 1.68. The van der Waals surface area contributed by atoms with Gasteiger partial charge in [0.25, 0.3) is 0 Å². The lowest BCUT2D eigenvalue weighted by Crippen LogP contribution is -2.82. The summed E-state index contributed by atoms with van der Waals surface area (Å²) >= 11 is 5.97. The van der Waals surface area contributed by atoms with E-state index >= 15 is 0 Å². The average Bonchev–Trinajstić information content (AvgIpc) is 2.34. The molecular formula is C13H21ClNO2+. The standard InChI is InChI=1S/C13H20ClNO2/c1-3-17-8-4-7-15-10-11-9-12(14)5-6-13(11)16-2/h5-6,9,15H,3-4,7-8,10H2,1-2H3/p+1. The maximum absolute atomic E-state index is 5.97. The fourth-order valence-corrected chi connectivity index (χ4v) is 1.83. The number of halogens is 1. The topological polar surface area (TPSA) is 35.1 Å². The lowest BCUT2D eigenvalue weighted by Gasteiger charge is -2.08. The van der Waals surface area contributed by atoms with Crippen LogP contribution in [0.15, 0.2) is 18.2 Å². The highest BCUT2D eigenvalue weighted by molar-refractivity contribution is 6.30. The van der Waals surface area contributed by atoms with Crippen molar-refractivity contribution in [3.05, 3.63) is 28.8 Å². The van der Waals surface area contributed by atoms with Gasteiger partial charge in [-0.15, -0.1) is 0 Å². The van der Waals surface area contributed by atoms with Crippen molar-refractivity contribution in [3.8, 4) is 5.75 Å².